The summed E-state index contributed by atoms with van der Waals surface area (Å²) in [7, 11) is 0. The fourth-order valence-corrected chi connectivity index (χ4v) is 2.99. The normalized spacial score (nSPS) is 16.6. The predicted octanol–water partition coefficient (Wildman–Crippen LogP) is 3.62. The molecule has 2 amide bonds. The summed E-state index contributed by atoms with van der Waals surface area (Å²) >= 11 is 0. The number of hydrogen-bond donors (Lipinski definition) is 3. The molecule has 0 unspecified atom stereocenters. The van der Waals surface area contributed by atoms with Crippen LogP contribution in [0.15, 0.2) is 54.6 Å². The molecule has 120 valence electrons. The highest BCUT2D eigenvalue weighted by Gasteiger charge is 2.28. The summed E-state index contributed by atoms with van der Waals surface area (Å²) in [6.45, 7) is 3.99. The third kappa shape index (κ3) is 3.90. The zero-order valence-corrected chi connectivity index (χ0v) is 13.4. The molecule has 0 aliphatic carbocycles. The lowest BCUT2D eigenvalue weighted by Crippen LogP contribution is -2.53. The molecule has 23 heavy (non-hydrogen) atoms. The number of para-hydroxylation sites is 1. The summed E-state index contributed by atoms with van der Waals surface area (Å²) in [6, 6.07) is 17.8. The molecule has 3 N–H and O–H groups in total. The fraction of sp³-hybridized carbons (Fsp3) is 0.316. The number of piperidine rings is 1. The van der Waals surface area contributed by atoms with Crippen molar-refractivity contribution >= 4 is 11.7 Å². The van der Waals surface area contributed by atoms with Crippen LogP contribution in [0.5, 0.6) is 0 Å². The van der Waals surface area contributed by atoms with Crippen LogP contribution in [-0.4, -0.2) is 24.7 Å². The number of urea groups is 1. The van der Waals surface area contributed by atoms with E-state index < -0.39 is 0 Å². The van der Waals surface area contributed by atoms with E-state index in [1.807, 2.05) is 54.6 Å². The van der Waals surface area contributed by atoms with Crippen molar-refractivity contribution in [2.24, 2.45) is 0 Å². The van der Waals surface area contributed by atoms with E-state index in [1.165, 1.54) is 0 Å². The van der Waals surface area contributed by atoms with Crippen molar-refractivity contribution in [1.82, 2.24) is 10.6 Å². The second-order valence-corrected chi connectivity index (χ2v) is 6.30. The van der Waals surface area contributed by atoms with Crippen molar-refractivity contribution in [3.63, 3.8) is 0 Å². The molecule has 4 nitrogen and oxygen atoms in total. The lowest BCUT2D eigenvalue weighted by molar-refractivity contribution is 0.225. The molecular formula is C19H23N3O. The lowest BCUT2D eigenvalue weighted by atomic mass is 9.91. The fourth-order valence-electron chi connectivity index (χ4n) is 2.99. The molecule has 3 rings (SSSR count). The van der Waals surface area contributed by atoms with Crippen LogP contribution in [0, 0.1) is 0 Å². The molecular weight excluding hydrogens is 286 g/mol. The van der Waals surface area contributed by atoms with Crippen LogP contribution < -0.4 is 16.0 Å². The molecule has 1 saturated heterocycles. The van der Waals surface area contributed by atoms with Gasteiger partial charge in [0.1, 0.15) is 0 Å². The Labute approximate surface area is 137 Å². The molecule has 0 spiro atoms. The molecule has 0 bridgehead atoms. The molecule has 0 saturated carbocycles. The van der Waals surface area contributed by atoms with Gasteiger partial charge < -0.3 is 16.0 Å². The summed E-state index contributed by atoms with van der Waals surface area (Å²) < 4.78 is 0. The summed E-state index contributed by atoms with van der Waals surface area (Å²) in [4.78, 5) is 12.4. The summed E-state index contributed by atoms with van der Waals surface area (Å²) in [5.74, 6) is 0. The van der Waals surface area contributed by atoms with Crippen molar-refractivity contribution in [2.45, 2.75) is 25.3 Å². The maximum absolute atomic E-state index is 12.4. The van der Waals surface area contributed by atoms with Crippen LogP contribution in [0.3, 0.4) is 0 Å². The molecule has 1 heterocycles. The van der Waals surface area contributed by atoms with Gasteiger partial charge in [0.2, 0.25) is 0 Å². The van der Waals surface area contributed by atoms with E-state index in [4.69, 9.17) is 0 Å². The highest BCUT2D eigenvalue weighted by atomic mass is 16.2. The topological polar surface area (TPSA) is 53.2 Å². The van der Waals surface area contributed by atoms with Gasteiger partial charge in [0.05, 0.1) is 5.69 Å². The van der Waals surface area contributed by atoms with Crippen LogP contribution in [-0.2, 0) is 0 Å². The molecule has 0 aromatic heterocycles. The van der Waals surface area contributed by atoms with Gasteiger partial charge in [-0.3, -0.25) is 0 Å². The van der Waals surface area contributed by atoms with Gasteiger partial charge in [-0.15, -0.1) is 0 Å². The number of rotatable bonds is 3. The van der Waals surface area contributed by atoms with E-state index in [0.29, 0.717) is 0 Å². The number of nitrogens with one attached hydrogen (secondary N) is 3. The maximum Gasteiger partial charge on any atom is 0.319 e. The second kappa shape index (κ2) is 6.84. The third-order valence-corrected chi connectivity index (χ3v) is 4.38. The minimum atomic E-state index is -0.142. The van der Waals surface area contributed by atoms with E-state index in [0.717, 1.165) is 42.7 Å². The average molecular weight is 309 g/mol. The Kier molecular flexibility index (Phi) is 4.63. The first-order chi connectivity index (χ1) is 11.2. The zero-order valence-electron chi connectivity index (χ0n) is 13.4. The molecule has 1 aliphatic heterocycles. The second-order valence-electron chi connectivity index (χ2n) is 6.30. The first-order valence-corrected chi connectivity index (χ1v) is 8.11. The quantitative estimate of drug-likeness (QED) is 0.811. The number of anilines is 1. The van der Waals surface area contributed by atoms with Gasteiger partial charge in [-0.05, 0) is 44.5 Å². The monoisotopic (exact) mass is 309 g/mol. The van der Waals surface area contributed by atoms with Gasteiger partial charge in [0, 0.05) is 11.1 Å². The Bertz CT molecular complexity index is 663. The molecule has 1 aliphatic rings. The largest absolute Gasteiger partial charge is 0.333 e. The van der Waals surface area contributed by atoms with Crippen molar-refractivity contribution in [2.75, 3.05) is 18.4 Å². The lowest BCUT2D eigenvalue weighted by Gasteiger charge is -2.35. The van der Waals surface area contributed by atoms with Crippen molar-refractivity contribution in [3.8, 4) is 11.1 Å². The molecule has 2 aromatic carbocycles. The van der Waals surface area contributed by atoms with Crippen molar-refractivity contribution < 1.29 is 4.79 Å². The van der Waals surface area contributed by atoms with E-state index in [9.17, 15) is 4.79 Å². The SMILES string of the molecule is CC1(NC(=O)Nc2ccccc2-c2ccccc2)CCNCC1. The molecule has 1 fully saturated rings. The van der Waals surface area contributed by atoms with E-state index in [-0.39, 0.29) is 11.6 Å². The first kappa shape index (κ1) is 15.6. The molecule has 4 heteroatoms. The predicted molar refractivity (Wildman–Crippen MR) is 94.5 cm³/mol. The number of carbonyl (C=O) groups is 1. The first-order valence-electron chi connectivity index (χ1n) is 8.11. The Morgan fingerprint density at radius 2 is 1.65 bits per heavy atom. The highest BCUT2D eigenvalue weighted by Crippen LogP contribution is 2.27. The third-order valence-electron chi connectivity index (χ3n) is 4.38. The van der Waals surface area contributed by atoms with E-state index >= 15 is 0 Å². The Morgan fingerprint density at radius 1 is 1.00 bits per heavy atom. The van der Waals surface area contributed by atoms with Gasteiger partial charge in [-0.2, -0.15) is 0 Å². The highest BCUT2D eigenvalue weighted by molar-refractivity contribution is 5.94. The van der Waals surface area contributed by atoms with Gasteiger partial charge in [0.15, 0.2) is 0 Å². The standard InChI is InChI=1S/C19H23N3O/c1-19(11-13-20-14-12-19)22-18(23)21-17-10-6-5-9-16(17)15-7-3-2-4-8-15/h2-10,20H,11-14H2,1H3,(H2,21,22,23). The van der Waals surface area contributed by atoms with Gasteiger partial charge in [-0.25, -0.2) is 4.79 Å². The van der Waals surface area contributed by atoms with Crippen LogP contribution in [0.25, 0.3) is 11.1 Å². The van der Waals surface area contributed by atoms with Crippen LogP contribution in [0.1, 0.15) is 19.8 Å². The van der Waals surface area contributed by atoms with Crippen LogP contribution >= 0.6 is 0 Å². The Hall–Kier alpha value is -2.33. The minimum Gasteiger partial charge on any atom is -0.333 e. The van der Waals surface area contributed by atoms with Crippen LogP contribution in [0.2, 0.25) is 0 Å². The summed E-state index contributed by atoms with van der Waals surface area (Å²) in [6.07, 6.45) is 1.89. The van der Waals surface area contributed by atoms with Crippen molar-refractivity contribution in [1.29, 1.82) is 0 Å². The summed E-state index contributed by atoms with van der Waals surface area (Å²) in [5.41, 5.74) is 2.81. The van der Waals surface area contributed by atoms with Gasteiger partial charge in [-0.1, -0.05) is 48.5 Å². The Balaban J connectivity index is 1.74. The van der Waals surface area contributed by atoms with Crippen LogP contribution in [0.4, 0.5) is 10.5 Å². The van der Waals surface area contributed by atoms with Gasteiger partial charge in [0.25, 0.3) is 0 Å². The number of carbonyl (C=O) groups excluding carboxylic acids is 1. The minimum absolute atomic E-state index is 0.141. The molecule has 0 atom stereocenters. The summed E-state index contributed by atoms with van der Waals surface area (Å²) in [5, 5.41) is 9.47. The smallest absolute Gasteiger partial charge is 0.319 e. The zero-order chi connectivity index (χ0) is 16.1. The maximum atomic E-state index is 12.4. The number of hydrogen-bond acceptors (Lipinski definition) is 2. The van der Waals surface area contributed by atoms with Crippen molar-refractivity contribution in [3.05, 3.63) is 54.6 Å². The van der Waals surface area contributed by atoms with Gasteiger partial charge >= 0.3 is 6.03 Å². The van der Waals surface area contributed by atoms with E-state index in [1.54, 1.807) is 0 Å². The van der Waals surface area contributed by atoms with E-state index in [2.05, 4.69) is 22.9 Å². The molecule has 2 aromatic rings. The number of amides is 2. The Morgan fingerprint density at radius 3 is 2.39 bits per heavy atom. The number of benzene rings is 2. The molecule has 0 radical (unpaired) electrons. The average Bonchev–Trinajstić information content (AvgIpc) is 2.56.